The Balaban J connectivity index is 0. The highest BCUT2D eigenvalue weighted by Gasteiger charge is 1.84. The van der Waals surface area contributed by atoms with Gasteiger partial charge in [-0.05, 0) is 60.0 Å². The van der Waals surface area contributed by atoms with Gasteiger partial charge in [0.15, 0.2) is 0 Å². The lowest BCUT2D eigenvalue weighted by Gasteiger charge is -1.93. The Morgan fingerprint density at radius 2 is 1.95 bits per heavy atom. The molecule has 0 unspecified atom stereocenters. The smallest absolute Gasteiger partial charge is 0.0369 e. The van der Waals surface area contributed by atoms with E-state index in [4.69, 9.17) is 0 Å². The van der Waals surface area contributed by atoms with E-state index in [0.29, 0.717) is 0 Å². The summed E-state index contributed by atoms with van der Waals surface area (Å²) in [6, 6.07) is 0. The molecule has 1 aliphatic rings. The zero-order chi connectivity index (χ0) is 16.5. The third-order valence-corrected chi connectivity index (χ3v) is 2.54. The number of hydrogen-bond donors (Lipinski definition) is 0. The van der Waals surface area contributed by atoms with Crippen molar-refractivity contribution in [2.45, 2.75) is 60.8 Å². The number of nitrogens with zero attached hydrogens (tertiary/aromatic N) is 2. The van der Waals surface area contributed by atoms with Crippen LogP contribution < -0.4 is 0 Å². The second-order valence-electron chi connectivity index (χ2n) is 4.55. The van der Waals surface area contributed by atoms with Crippen molar-refractivity contribution in [3.63, 3.8) is 0 Å². The van der Waals surface area contributed by atoms with Gasteiger partial charge in [0.1, 0.15) is 0 Å². The van der Waals surface area contributed by atoms with Gasteiger partial charge in [-0.1, -0.05) is 25.2 Å². The molecular weight excluding hydrogens is 256 g/mol. The van der Waals surface area contributed by atoms with Gasteiger partial charge in [0.25, 0.3) is 0 Å². The van der Waals surface area contributed by atoms with Gasteiger partial charge in [-0.15, -0.1) is 12.3 Å². The molecule has 0 aliphatic carbocycles. The number of rotatable bonds is 2. The molecule has 21 heavy (non-hydrogen) atoms. The van der Waals surface area contributed by atoms with E-state index in [1.165, 1.54) is 5.71 Å². The number of aliphatic imine (C=N–C) groups is 2. The fraction of sp³-hybridized carbons (Fsp3) is 0.474. The van der Waals surface area contributed by atoms with Gasteiger partial charge in [-0.3, -0.25) is 9.98 Å². The Hall–Kier alpha value is -1.88. The third-order valence-electron chi connectivity index (χ3n) is 2.54. The van der Waals surface area contributed by atoms with Crippen LogP contribution in [0.5, 0.6) is 0 Å². The van der Waals surface area contributed by atoms with E-state index in [0.717, 1.165) is 30.7 Å². The first-order chi connectivity index (χ1) is 10.0. The standard InChI is InChI=1S/C8H11N.C8H15N.C3H4/c1-8-6-4-2-3-5-7-9-8;1-5-7(3)9-8(4)6-2;1-3-2/h4-7H,2-3H2,1H3;5H,6H2,1-4H3;1H,2H3/b6-4-,7-5-,9-8-;7-5-,9-8?;. The molecule has 0 amide bonds. The van der Waals surface area contributed by atoms with Crippen LogP contribution in [0.3, 0.4) is 0 Å². The molecule has 2 heteroatoms. The van der Waals surface area contributed by atoms with E-state index in [2.05, 4.69) is 47.5 Å². The maximum atomic E-state index is 4.60. The molecule has 0 spiro atoms. The van der Waals surface area contributed by atoms with E-state index in [1.54, 1.807) is 6.92 Å². The summed E-state index contributed by atoms with van der Waals surface area (Å²) in [4.78, 5) is 8.42. The molecule has 0 radical (unpaired) electrons. The summed E-state index contributed by atoms with van der Waals surface area (Å²) in [5.41, 5.74) is 3.39. The van der Waals surface area contributed by atoms with E-state index in [1.807, 2.05) is 40.0 Å². The van der Waals surface area contributed by atoms with Gasteiger partial charge in [0, 0.05) is 23.3 Å². The Morgan fingerprint density at radius 1 is 1.38 bits per heavy atom. The Kier molecular flexibility index (Phi) is 16.5. The maximum Gasteiger partial charge on any atom is 0.0369 e. The topological polar surface area (TPSA) is 24.7 Å². The lowest BCUT2D eigenvalue weighted by molar-refractivity contribution is 1.04. The summed E-state index contributed by atoms with van der Waals surface area (Å²) >= 11 is 0. The lowest BCUT2D eigenvalue weighted by atomic mass is 10.2. The highest BCUT2D eigenvalue weighted by molar-refractivity contribution is 5.93. The van der Waals surface area contributed by atoms with Gasteiger partial charge in [-0.2, -0.15) is 0 Å². The van der Waals surface area contributed by atoms with Crippen molar-refractivity contribution in [3.8, 4) is 12.3 Å². The first-order valence-electron chi connectivity index (χ1n) is 7.42. The van der Waals surface area contributed by atoms with E-state index in [-0.39, 0.29) is 0 Å². The quantitative estimate of drug-likeness (QED) is 0.457. The minimum absolute atomic E-state index is 1.05. The second-order valence-corrected chi connectivity index (χ2v) is 4.55. The number of terminal acetylenes is 1. The predicted octanol–water partition coefficient (Wildman–Crippen LogP) is 5.73. The van der Waals surface area contributed by atoms with Crippen molar-refractivity contribution in [1.82, 2.24) is 0 Å². The van der Waals surface area contributed by atoms with Crippen molar-refractivity contribution in [2.24, 2.45) is 9.98 Å². The summed E-state index contributed by atoms with van der Waals surface area (Å²) in [6.45, 7) is 11.8. The zero-order valence-electron chi connectivity index (χ0n) is 14.5. The fourth-order valence-electron chi connectivity index (χ4n) is 1.18. The van der Waals surface area contributed by atoms with E-state index >= 15 is 0 Å². The molecule has 0 saturated heterocycles. The van der Waals surface area contributed by atoms with Crippen LogP contribution in [0.4, 0.5) is 0 Å². The molecule has 0 saturated carbocycles. The normalized spacial score (nSPS) is 20.0. The molecule has 2 nitrogen and oxygen atoms in total. The Bertz CT molecular complexity index is 441. The van der Waals surface area contributed by atoms with Crippen LogP contribution in [-0.4, -0.2) is 11.4 Å². The summed E-state index contributed by atoms with van der Waals surface area (Å²) in [7, 11) is 0. The molecule has 1 heterocycles. The van der Waals surface area contributed by atoms with Crippen molar-refractivity contribution in [1.29, 1.82) is 0 Å². The molecule has 0 N–H and O–H groups in total. The third kappa shape index (κ3) is 18.1. The highest BCUT2D eigenvalue weighted by Crippen LogP contribution is 1.97. The van der Waals surface area contributed by atoms with Gasteiger partial charge in [0.05, 0.1) is 0 Å². The molecule has 1 aliphatic heterocycles. The van der Waals surface area contributed by atoms with Crippen LogP contribution in [0.25, 0.3) is 0 Å². The second kappa shape index (κ2) is 16.2. The van der Waals surface area contributed by atoms with E-state index in [9.17, 15) is 0 Å². The van der Waals surface area contributed by atoms with E-state index < -0.39 is 0 Å². The SMILES string of the molecule is C#CC.C/C=C(/C)N=C(C)CC.CC1=N/C=C\CC/C=C\1. The summed E-state index contributed by atoms with van der Waals surface area (Å²) < 4.78 is 0. The van der Waals surface area contributed by atoms with Crippen molar-refractivity contribution < 1.29 is 0 Å². The number of allylic oxidation sites excluding steroid dienone is 5. The highest BCUT2D eigenvalue weighted by atomic mass is 14.7. The molecular formula is C19H30N2. The van der Waals surface area contributed by atoms with Crippen LogP contribution in [-0.2, 0) is 0 Å². The van der Waals surface area contributed by atoms with Gasteiger partial charge >= 0.3 is 0 Å². The predicted molar refractivity (Wildman–Crippen MR) is 98.0 cm³/mol. The van der Waals surface area contributed by atoms with Crippen LogP contribution in [0.2, 0.25) is 0 Å². The summed E-state index contributed by atoms with van der Waals surface area (Å²) in [6.07, 6.45) is 18.1. The molecule has 0 atom stereocenters. The van der Waals surface area contributed by atoms with Crippen molar-refractivity contribution >= 4 is 11.4 Å². The molecule has 0 fully saturated rings. The molecule has 1 rings (SSSR count). The first-order valence-corrected chi connectivity index (χ1v) is 7.42. The minimum atomic E-state index is 1.05. The first kappa shape index (κ1) is 21.4. The largest absolute Gasteiger partial charge is 0.263 e. The van der Waals surface area contributed by atoms with Crippen molar-refractivity contribution in [3.05, 3.63) is 36.2 Å². The van der Waals surface area contributed by atoms with Gasteiger partial charge in [0.2, 0.25) is 0 Å². The lowest BCUT2D eigenvalue weighted by Crippen LogP contribution is -1.86. The van der Waals surface area contributed by atoms with Gasteiger partial charge < -0.3 is 0 Å². The molecule has 0 aromatic carbocycles. The van der Waals surface area contributed by atoms with Crippen LogP contribution in [0.1, 0.15) is 60.8 Å². The molecule has 0 bridgehead atoms. The van der Waals surface area contributed by atoms with Crippen LogP contribution in [0, 0.1) is 12.3 Å². The Morgan fingerprint density at radius 3 is 2.48 bits per heavy atom. The molecule has 0 aromatic heterocycles. The van der Waals surface area contributed by atoms with Crippen molar-refractivity contribution in [2.75, 3.05) is 0 Å². The monoisotopic (exact) mass is 286 g/mol. The average molecular weight is 286 g/mol. The summed E-state index contributed by atoms with van der Waals surface area (Å²) in [5, 5.41) is 0. The fourth-order valence-corrected chi connectivity index (χ4v) is 1.18. The van der Waals surface area contributed by atoms with Gasteiger partial charge in [-0.25, -0.2) is 0 Å². The van der Waals surface area contributed by atoms with Crippen LogP contribution >= 0.6 is 0 Å². The molecule has 116 valence electrons. The van der Waals surface area contributed by atoms with Crippen LogP contribution in [0.15, 0.2) is 46.2 Å². The maximum absolute atomic E-state index is 4.60. The minimum Gasteiger partial charge on any atom is -0.263 e. The number of hydrogen-bond acceptors (Lipinski definition) is 2. The Labute approximate surface area is 131 Å². The zero-order valence-corrected chi connectivity index (χ0v) is 14.5. The molecule has 0 aromatic rings. The summed E-state index contributed by atoms with van der Waals surface area (Å²) in [5.74, 6) is 2.25. The average Bonchev–Trinajstić information content (AvgIpc) is 2.44.